The molecule has 1 fully saturated rings. The van der Waals surface area contributed by atoms with Gasteiger partial charge in [0.25, 0.3) is 5.91 Å². The van der Waals surface area contributed by atoms with Crippen LogP contribution in [0.4, 0.5) is 18.0 Å². The molecule has 188 valence electrons. The number of hydrogen-bond acceptors (Lipinski definition) is 6. The summed E-state index contributed by atoms with van der Waals surface area (Å²) in [6.07, 6.45) is -1.87. The quantitative estimate of drug-likeness (QED) is 0.658. The first-order valence-electron chi connectivity index (χ1n) is 10.9. The van der Waals surface area contributed by atoms with Crippen LogP contribution in [-0.4, -0.2) is 51.0 Å². The van der Waals surface area contributed by atoms with Crippen molar-refractivity contribution in [2.24, 2.45) is 5.73 Å². The van der Waals surface area contributed by atoms with Gasteiger partial charge in [-0.3, -0.25) is 24.5 Å². The normalized spacial score (nSPS) is 16.2. The molecule has 1 aliphatic rings. The molecular formula is C23H26F3N5O4. The molecule has 0 aliphatic carbocycles. The van der Waals surface area contributed by atoms with E-state index in [1.165, 1.54) is 23.2 Å². The van der Waals surface area contributed by atoms with Crippen molar-refractivity contribution < 1.29 is 32.3 Å². The summed E-state index contributed by atoms with van der Waals surface area (Å²) in [5.74, 6) is -1.21. The number of nitrogens with one attached hydrogen (secondary N) is 1. The Hall–Kier alpha value is -3.70. The number of hydrogen-bond donors (Lipinski definition) is 2. The van der Waals surface area contributed by atoms with Crippen LogP contribution in [0.5, 0.6) is 0 Å². The van der Waals surface area contributed by atoms with Crippen molar-refractivity contribution in [1.82, 2.24) is 20.2 Å². The van der Waals surface area contributed by atoms with Crippen molar-refractivity contribution >= 4 is 17.9 Å². The fourth-order valence-corrected chi connectivity index (χ4v) is 3.63. The third-order valence-electron chi connectivity index (χ3n) is 5.22. The Bertz CT molecular complexity index is 1110. The molecule has 2 aromatic heterocycles. The second kappa shape index (κ2) is 9.88. The van der Waals surface area contributed by atoms with Gasteiger partial charge in [-0.15, -0.1) is 0 Å². The highest BCUT2D eigenvalue weighted by Gasteiger charge is 2.36. The molecule has 0 radical (unpaired) electrons. The number of amides is 3. The molecule has 0 bridgehead atoms. The van der Waals surface area contributed by atoms with Crippen molar-refractivity contribution in [1.29, 1.82) is 0 Å². The van der Waals surface area contributed by atoms with E-state index < -0.39 is 41.4 Å². The van der Waals surface area contributed by atoms with Gasteiger partial charge in [-0.05, 0) is 51.3 Å². The fourth-order valence-electron chi connectivity index (χ4n) is 3.63. The summed E-state index contributed by atoms with van der Waals surface area (Å²) in [7, 11) is 0. The molecule has 0 aromatic carbocycles. The van der Waals surface area contributed by atoms with Gasteiger partial charge in [0.05, 0.1) is 17.8 Å². The molecule has 3 N–H and O–H groups in total. The summed E-state index contributed by atoms with van der Waals surface area (Å²) < 4.78 is 43.9. The lowest BCUT2D eigenvalue weighted by atomic mass is 10.0. The van der Waals surface area contributed by atoms with Gasteiger partial charge in [-0.1, -0.05) is 6.07 Å². The van der Waals surface area contributed by atoms with Crippen molar-refractivity contribution in [3.63, 3.8) is 0 Å². The predicted molar refractivity (Wildman–Crippen MR) is 119 cm³/mol. The average Bonchev–Trinajstić information content (AvgIpc) is 3.26. The minimum Gasteiger partial charge on any atom is -0.444 e. The number of rotatable bonds is 5. The van der Waals surface area contributed by atoms with Gasteiger partial charge in [-0.2, -0.15) is 13.2 Å². The van der Waals surface area contributed by atoms with Gasteiger partial charge in [0.2, 0.25) is 5.91 Å². The summed E-state index contributed by atoms with van der Waals surface area (Å²) in [5.41, 5.74) is 4.41. The highest BCUT2D eigenvalue weighted by molar-refractivity contribution is 5.99. The molecular weight excluding hydrogens is 467 g/mol. The van der Waals surface area contributed by atoms with E-state index in [2.05, 4.69) is 15.3 Å². The molecule has 1 saturated heterocycles. The van der Waals surface area contributed by atoms with Crippen LogP contribution in [0.1, 0.15) is 55.4 Å². The Morgan fingerprint density at radius 2 is 1.89 bits per heavy atom. The SMILES string of the molecule is CC(C)(C)OC(=O)N1CCCC1C(=O)NCc1cc(-c2ccc(C(F)(F)F)nc2)c(C(N)=O)cn1. The fraction of sp³-hybridized carbons (Fsp3) is 0.435. The van der Waals surface area contributed by atoms with Gasteiger partial charge in [0.1, 0.15) is 17.3 Å². The second-order valence-corrected chi connectivity index (χ2v) is 9.06. The minimum atomic E-state index is -4.61. The van der Waals surface area contributed by atoms with E-state index in [1.54, 1.807) is 20.8 Å². The number of likely N-dealkylation sites (tertiary alicyclic amines) is 1. The van der Waals surface area contributed by atoms with E-state index in [9.17, 15) is 27.6 Å². The highest BCUT2D eigenvalue weighted by atomic mass is 19.4. The van der Waals surface area contributed by atoms with Crippen molar-refractivity contribution in [2.75, 3.05) is 6.54 Å². The van der Waals surface area contributed by atoms with E-state index in [0.29, 0.717) is 25.1 Å². The maximum Gasteiger partial charge on any atom is 0.433 e. The number of carbonyl (C=O) groups is 3. The van der Waals surface area contributed by atoms with E-state index in [1.807, 2.05) is 0 Å². The monoisotopic (exact) mass is 493 g/mol. The number of nitrogens with zero attached hydrogens (tertiary/aromatic N) is 3. The first-order valence-corrected chi connectivity index (χ1v) is 10.9. The number of carbonyl (C=O) groups excluding carboxylic acids is 3. The number of pyridine rings is 2. The molecule has 9 nitrogen and oxygen atoms in total. The number of aromatic nitrogens is 2. The summed E-state index contributed by atoms with van der Waals surface area (Å²) in [6, 6.07) is 2.73. The molecule has 1 unspecified atom stereocenters. The highest BCUT2D eigenvalue weighted by Crippen LogP contribution is 2.30. The number of nitrogens with two attached hydrogens (primary N) is 1. The maximum atomic E-state index is 12.8. The second-order valence-electron chi connectivity index (χ2n) is 9.06. The van der Waals surface area contributed by atoms with Gasteiger partial charge in [0, 0.05) is 24.5 Å². The van der Waals surface area contributed by atoms with E-state index in [4.69, 9.17) is 10.5 Å². The Morgan fingerprint density at radius 1 is 1.17 bits per heavy atom. The molecule has 1 aliphatic heterocycles. The standard InChI is InChI=1S/C23H26F3N5O4/c1-22(2,3)35-21(34)31-8-4-5-17(31)20(33)30-11-14-9-15(16(12-28-14)19(27)32)13-6-7-18(29-10-13)23(24,25)26/h6-7,9-10,12,17H,4-5,8,11H2,1-3H3,(H2,27,32)(H,30,33). The molecule has 2 aromatic rings. The Kier molecular flexibility index (Phi) is 7.32. The summed E-state index contributed by atoms with van der Waals surface area (Å²) in [4.78, 5) is 46.0. The van der Waals surface area contributed by atoms with Gasteiger partial charge < -0.3 is 15.8 Å². The van der Waals surface area contributed by atoms with Crippen LogP contribution >= 0.6 is 0 Å². The van der Waals surface area contributed by atoms with Gasteiger partial charge in [-0.25, -0.2) is 4.79 Å². The topological polar surface area (TPSA) is 128 Å². The van der Waals surface area contributed by atoms with Crippen LogP contribution in [0.15, 0.2) is 30.6 Å². The van der Waals surface area contributed by atoms with Crippen molar-refractivity contribution in [3.8, 4) is 11.1 Å². The van der Waals surface area contributed by atoms with E-state index >= 15 is 0 Å². The largest absolute Gasteiger partial charge is 0.444 e. The first kappa shape index (κ1) is 25.9. The van der Waals surface area contributed by atoms with Crippen LogP contribution in [0.2, 0.25) is 0 Å². The van der Waals surface area contributed by atoms with E-state index in [0.717, 1.165) is 12.3 Å². The zero-order valence-corrected chi connectivity index (χ0v) is 19.5. The third-order valence-corrected chi connectivity index (χ3v) is 5.22. The number of halogens is 3. The zero-order valence-electron chi connectivity index (χ0n) is 19.5. The smallest absolute Gasteiger partial charge is 0.433 e. The Morgan fingerprint density at radius 3 is 2.46 bits per heavy atom. The lowest BCUT2D eigenvalue weighted by molar-refractivity contribution is -0.141. The molecule has 12 heteroatoms. The van der Waals surface area contributed by atoms with Crippen LogP contribution in [0.3, 0.4) is 0 Å². The van der Waals surface area contributed by atoms with Gasteiger partial charge >= 0.3 is 12.3 Å². The molecule has 3 rings (SSSR count). The lowest BCUT2D eigenvalue weighted by Crippen LogP contribution is -2.47. The van der Waals surface area contributed by atoms with Crippen molar-refractivity contribution in [3.05, 3.63) is 47.5 Å². The van der Waals surface area contributed by atoms with E-state index in [-0.39, 0.29) is 23.2 Å². The predicted octanol–water partition coefficient (Wildman–Crippen LogP) is 3.28. The first-order chi connectivity index (χ1) is 16.3. The average molecular weight is 493 g/mol. The molecule has 35 heavy (non-hydrogen) atoms. The number of alkyl halides is 3. The minimum absolute atomic E-state index is 0.00599. The maximum absolute atomic E-state index is 12.8. The lowest BCUT2D eigenvalue weighted by Gasteiger charge is -2.28. The third kappa shape index (κ3) is 6.46. The summed E-state index contributed by atoms with van der Waals surface area (Å²) in [5, 5.41) is 2.71. The summed E-state index contributed by atoms with van der Waals surface area (Å²) >= 11 is 0. The van der Waals surface area contributed by atoms with Crippen molar-refractivity contribution in [2.45, 2.75) is 58.0 Å². The number of ether oxygens (including phenoxy) is 1. The molecule has 0 saturated carbocycles. The molecule has 3 amide bonds. The molecule has 0 spiro atoms. The zero-order chi connectivity index (χ0) is 26.0. The number of primary amides is 1. The molecule has 1 atom stereocenters. The van der Waals surface area contributed by atoms with Gasteiger partial charge in [0.15, 0.2) is 0 Å². The van der Waals surface area contributed by atoms with Crippen LogP contribution in [0.25, 0.3) is 11.1 Å². The Balaban J connectivity index is 1.76. The summed E-state index contributed by atoms with van der Waals surface area (Å²) in [6.45, 7) is 5.56. The van der Waals surface area contributed by atoms with Crippen LogP contribution in [-0.2, 0) is 22.3 Å². The molecule has 3 heterocycles. The Labute approximate surface area is 199 Å². The van der Waals surface area contributed by atoms with Crippen LogP contribution < -0.4 is 11.1 Å². The van der Waals surface area contributed by atoms with Crippen LogP contribution in [0, 0.1) is 0 Å².